The molecule has 0 saturated carbocycles. The second-order valence-electron chi connectivity index (χ2n) is 6.91. The Morgan fingerprint density at radius 3 is 2.28 bits per heavy atom. The fraction of sp³-hybridized carbons (Fsp3) is 0.300. The van der Waals surface area contributed by atoms with E-state index in [9.17, 15) is 18.0 Å². The van der Waals surface area contributed by atoms with Gasteiger partial charge in [0.2, 0.25) is 15.9 Å². The van der Waals surface area contributed by atoms with Gasteiger partial charge < -0.3 is 5.32 Å². The number of fused-ring (bicyclic) bond motifs is 1. The van der Waals surface area contributed by atoms with Crippen LogP contribution in [0.1, 0.15) is 12.5 Å². The summed E-state index contributed by atoms with van der Waals surface area (Å²) >= 11 is 0. The third-order valence-corrected chi connectivity index (χ3v) is 6.62. The molecule has 154 valence electrons. The number of hydrogen-bond acceptors (Lipinski definition) is 4. The standard InChI is InChI=1S/C20H24N4O4S/c1-5-23-17-8-6-7-9-18(17)24(20(23)26)13-19(25)21-16-12-15(11-10-14(16)2)29(27,28)22(3)4/h6-12H,5,13H2,1-4H3,(H,21,25). The first kappa shape index (κ1) is 20.8. The van der Waals surface area contributed by atoms with Gasteiger partial charge in [-0.05, 0) is 43.7 Å². The molecule has 1 amide bonds. The van der Waals surface area contributed by atoms with E-state index >= 15 is 0 Å². The maximum absolute atomic E-state index is 12.7. The summed E-state index contributed by atoms with van der Waals surface area (Å²) in [4.78, 5) is 25.5. The number of amides is 1. The molecule has 8 nitrogen and oxygen atoms in total. The van der Waals surface area contributed by atoms with Crippen LogP contribution in [-0.4, -0.2) is 41.9 Å². The van der Waals surface area contributed by atoms with Gasteiger partial charge in [0.05, 0.1) is 15.9 Å². The number of imidazole rings is 1. The minimum absolute atomic E-state index is 0.0863. The van der Waals surface area contributed by atoms with Gasteiger partial charge in [0.1, 0.15) is 6.54 Å². The predicted molar refractivity (Wildman–Crippen MR) is 113 cm³/mol. The molecule has 0 atom stereocenters. The first-order valence-corrected chi connectivity index (χ1v) is 10.6. The van der Waals surface area contributed by atoms with Crippen molar-refractivity contribution in [2.24, 2.45) is 0 Å². The predicted octanol–water partition coefficient (Wildman–Crippen LogP) is 2.02. The molecule has 0 aliphatic heterocycles. The number of nitrogens with one attached hydrogen (secondary N) is 1. The van der Waals surface area contributed by atoms with Crippen molar-refractivity contribution in [3.05, 3.63) is 58.5 Å². The Hall–Kier alpha value is -2.91. The van der Waals surface area contributed by atoms with Gasteiger partial charge in [-0.1, -0.05) is 18.2 Å². The Balaban J connectivity index is 1.92. The topological polar surface area (TPSA) is 93.4 Å². The molecule has 0 unspecified atom stereocenters. The summed E-state index contributed by atoms with van der Waals surface area (Å²) in [5.41, 5.74) is 2.30. The quantitative estimate of drug-likeness (QED) is 0.665. The Kier molecular flexibility index (Phi) is 5.63. The van der Waals surface area contributed by atoms with Crippen molar-refractivity contribution in [2.75, 3.05) is 19.4 Å². The average molecular weight is 417 g/mol. The molecule has 0 bridgehead atoms. The number of carbonyl (C=O) groups is 1. The largest absolute Gasteiger partial charge is 0.329 e. The van der Waals surface area contributed by atoms with Gasteiger partial charge in [-0.25, -0.2) is 17.5 Å². The third kappa shape index (κ3) is 3.83. The van der Waals surface area contributed by atoms with Gasteiger partial charge in [-0.15, -0.1) is 0 Å². The van der Waals surface area contributed by atoms with Crippen LogP contribution in [0.2, 0.25) is 0 Å². The van der Waals surface area contributed by atoms with Crippen LogP contribution >= 0.6 is 0 Å². The number of anilines is 1. The highest BCUT2D eigenvalue weighted by molar-refractivity contribution is 7.89. The number of benzene rings is 2. The highest BCUT2D eigenvalue weighted by Gasteiger charge is 2.19. The molecule has 2 aromatic carbocycles. The second kappa shape index (κ2) is 7.84. The smallest absolute Gasteiger partial charge is 0.324 e. The molecule has 0 fully saturated rings. The zero-order valence-corrected chi connectivity index (χ0v) is 17.7. The molecule has 1 N–H and O–H groups in total. The van der Waals surface area contributed by atoms with Crippen LogP contribution in [0.5, 0.6) is 0 Å². The van der Waals surface area contributed by atoms with Crippen LogP contribution in [0, 0.1) is 6.92 Å². The monoisotopic (exact) mass is 416 g/mol. The number of rotatable bonds is 6. The molecule has 0 radical (unpaired) electrons. The molecule has 0 spiro atoms. The van der Waals surface area contributed by atoms with Crippen LogP contribution in [0.3, 0.4) is 0 Å². The lowest BCUT2D eigenvalue weighted by molar-refractivity contribution is -0.116. The Morgan fingerprint density at radius 2 is 1.69 bits per heavy atom. The Morgan fingerprint density at radius 1 is 1.07 bits per heavy atom. The van der Waals surface area contributed by atoms with Crippen molar-refractivity contribution in [1.29, 1.82) is 0 Å². The van der Waals surface area contributed by atoms with E-state index in [1.807, 2.05) is 25.1 Å². The normalized spacial score (nSPS) is 11.9. The third-order valence-electron chi connectivity index (χ3n) is 4.80. The molecule has 3 aromatic rings. The number of aromatic nitrogens is 2. The van der Waals surface area contributed by atoms with Crippen LogP contribution in [0.4, 0.5) is 5.69 Å². The number of para-hydroxylation sites is 2. The highest BCUT2D eigenvalue weighted by Crippen LogP contribution is 2.22. The fourth-order valence-electron chi connectivity index (χ4n) is 3.17. The molecule has 0 saturated heterocycles. The van der Waals surface area contributed by atoms with Crippen LogP contribution < -0.4 is 11.0 Å². The van der Waals surface area contributed by atoms with Gasteiger partial charge in [-0.2, -0.15) is 0 Å². The van der Waals surface area contributed by atoms with Crippen molar-refractivity contribution in [3.63, 3.8) is 0 Å². The Bertz CT molecular complexity index is 1240. The first-order chi connectivity index (χ1) is 13.7. The molecule has 1 aromatic heterocycles. The molecule has 0 aliphatic carbocycles. The highest BCUT2D eigenvalue weighted by atomic mass is 32.2. The van der Waals surface area contributed by atoms with Crippen molar-refractivity contribution in [1.82, 2.24) is 13.4 Å². The molecule has 29 heavy (non-hydrogen) atoms. The summed E-state index contributed by atoms with van der Waals surface area (Å²) in [7, 11) is -0.727. The molecule has 0 aliphatic rings. The number of aryl methyl sites for hydroxylation is 2. The van der Waals surface area contributed by atoms with E-state index in [0.29, 0.717) is 17.7 Å². The van der Waals surface area contributed by atoms with E-state index in [1.165, 1.54) is 30.8 Å². The van der Waals surface area contributed by atoms with Gasteiger partial charge in [0, 0.05) is 26.3 Å². The van der Waals surface area contributed by atoms with Gasteiger partial charge in [0.15, 0.2) is 0 Å². The van der Waals surface area contributed by atoms with E-state index < -0.39 is 15.9 Å². The second-order valence-corrected chi connectivity index (χ2v) is 9.07. The van der Waals surface area contributed by atoms with Crippen LogP contribution in [0.25, 0.3) is 11.0 Å². The summed E-state index contributed by atoms with van der Waals surface area (Å²) in [6.07, 6.45) is 0. The number of nitrogens with zero attached hydrogens (tertiary/aromatic N) is 3. The van der Waals surface area contributed by atoms with Crippen LogP contribution in [-0.2, 0) is 27.9 Å². The lowest BCUT2D eigenvalue weighted by Gasteiger charge is -2.14. The summed E-state index contributed by atoms with van der Waals surface area (Å²) in [5.74, 6) is -0.409. The van der Waals surface area contributed by atoms with Crippen molar-refractivity contribution >= 4 is 32.7 Å². The van der Waals surface area contributed by atoms with E-state index in [2.05, 4.69) is 5.32 Å². The molecule has 1 heterocycles. The summed E-state index contributed by atoms with van der Waals surface area (Å²) < 4.78 is 28.9. The summed E-state index contributed by atoms with van der Waals surface area (Å²) in [6.45, 7) is 3.98. The Labute approximate surface area is 169 Å². The fourth-order valence-corrected chi connectivity index (χ4v) is 4.10. The first-order valence-electron chi connectivity index (χ1n) is 9.18. The van der Waals surface area contributed by atoms with Crippen molar-refractivity contribution < 1.29 is 13.2 Å². The molecule has 3 rings (SSSR count). The summed E-state index contributed by atoms with van der Waals surface area (Å²) in [5, 5.41) is 2.74. The SMILES string of the molecule is CCn1c(=O)n(CC(=O)Nc2cc(S(=O)(=O)N(C)C)ccc2C)c2ccccc21. The zero-order chi connectivity index (χ0) is 21.3. The number of sulfonamides is 1. The summed E-state index contributed by atoms with van der Waals surface area (Å²) in [6, 6.07) is 11.9. The molecule has 9 heteroatoms. The maximum Gasteiger partial charge on any atom is 0.329 e. The minimum atomic E-state index is -3.62. The van der Waals surface area contributed by atoms with E-state index in [1.54, 1.807) is 23.6 Å². The van der Waals surface area contributed by atoms with E-state index in [0.717, 1.165) is 15.4 Å². The van der Waals surface area contributed by atoms with Gasteiger partial charge in [-0.3, -0.25) is 13.9 Å². The van der Waals surface area contributed by atoms with E-state index in [4.69, 9.17) is 0 Å². The van der Waals surface area contributed by atoms with Crippen LogP contribution in [0.15, 0.2) is 52.2 Å². The number of carbonyl (C=O) groups excluding carboxylic acids is 1. The van der Waals surface area contributed by atoms with Crippen molar-refractivity contribution in [3.8, 4) is 0 Å². The molecular formula is C20H24N4O4S. The van der Waals surface area contributed by atoms with Gasteiger partial charge in [0.25, 0.3) is 0 Å². The van der Waals surface area contributed by atoms with E-state index in [-0.39, 0.29) is 17.1 Å². The number of hydrogen-bond donors (Lipinski definition) is 1. The lowest BCUT2D eigenvalue weighted by atomic mass is 10.2. The van der Waals surface area contributed by atoms with Gasteiger partial charge >= 0.3 is 5.69 Å². The molecular weight excluding hydrogens is 392 g/mol. The zero-order valence-electron chi connectivity index (χ0n) is 16.8. The lowest BCUT2D eigenvalue weighted by Crippen LogP contribution is -2.29. The average Bonchev–Trinajstić information content (AvgIpc) is 2.94. The minimum Gasteiger partial charge on any atom is -0.324 e. The maximum atomic E-state index is 12.7. The van der Waals surface area contributed by atoms with Crippen molar-refractivity contribution in [2.45, 2.75) is 31.8 Å².